The number of likely N-dealkylation sites (N-methyl/N-ethyl adjacent to an activating group) is 1. The molecule has 6 nitrogen and oxygen atoms in total. The molecule has 2 aromatic carbocycles. The third-order valence-corrected chi connectivity index (χ3v) is 4.48. The zero-order valence-electron chi connectivity index (χ0n) is 16.3. The van der Waals surface area contributed by atoms with Crippen molar-refractivity contribution in [1.82, 2.24) is 20.4 Å². The van der Waals surface area contributed by atoms with Gasteiger partial charge in [0.1, 0.15) is 6.04 Å². The second-order valence-electron chi connectivity index (χ2n) is 6.68. The normalized spacial score (nSPS) is 11.9. The molecule has 0 spiro atoms. The minimum absolute atomic E-state index is 0.0780. The molecule has 0 radical (unpaired) electrons. The number of nitrogens with zero attached hydrogens (tertiary/aromatic N) is 2. The van der Waals surface area contributed by atoms with E-state index in [-0.39, 0.29) is 5.91 Å². The first-order chi connectivity index (χ1) is 13.7. The van der Waals surface area contributed by atoms with Crippen LogP contribution in [0.2, 0.25) is 0 Å². The van der Waals surface area contributed by atoms with E-state index in [1.807, 2.05) is 55.7 Å². The van der Waals surface area contributed by atoms with Crippen LogP contribution in [0.15, 0.2) is 67.0 Å². The van der Waals surface area contributed by atoms with Gasteiger partial charge in [0.15, 0.2) is 0 Å². The monoisotopic (exact) mass is 378 g/mol. The van der Waals surface area contributed by atoms with Gasteiger partial charge in [-0.25, -0.2) is 0 Å². The molecule has 146 valence electrons. The summed E-state index contributed by atoms with van der Waals surface area (Å²) in [6, 6.07) is 17.8. The summed E-state index contributed by atoms with van der Waals surface area (Å²) in [6.45, 7) is 1.63. The predicted molar refractivity (Wildman–Crippen MR) is 108 cm³/mol. The number of rotatable bonds is 9. The van der Waals surface area contributed by atoms with Crippen LogP contribution >= 0.6 is 0 Å². The molecule has 0 bridgehead atoms. The number of ether oxygens (including phenoxy) is 1. The van der Waals surface area contributed by atoms with E-state index in [1.165, 1.54) is 0 Å². The van der Waals surface area contributed by atoms with E-state index in [1.54, 1.807) is 17.9 Å². The molecule has 28 heavy (non-hydrogen) atoms. The van der Waals surface area contributed by atoms with Crippen molar-refractivity contribution >= 4 is 5.91 Å². The second-order valence-corrected chi connectivity index (χ2v) is 6.68. The molecule has 1 aromatic heterocycles. The van der Waals surface area contributed by atoms with E-state index < -0.39 is 6.04 Å². The SMILES string of the molecule is CNC(C(=O)NCc1ccc(COCc2ccccc2)cc1)c1cnn(C)c1. The van der Waals surface area contributed by atoms with Crippen molar-refractivity contribution in [2.45, 2.75) is 25.8 Å². The molecule has 0 fully saturated rings. The molecular weight excluding hydrogens is 352 g/mol. The first-order valence-corrected chi connectivity index (χ1v) is 9.28. The van der Waals surface area contributed by atoms with Gasteiger partial charge >= 0.3 is 0 Å². The number of hydrogen-bond acceptors (Lipinski definition) is 4. The highest BCUT2D eigenvalue weighted by Crippen LogP contribution is 2.12. The Kier molecular flexibility index (Phi) is 6.94. The van der Waals surface area contributed by atoms with Gasteiger partial charge in [0, 0.05) is 25.4 Å². The molecule has 0 aliphatic rings. The minimum atomic E-state index is -0.417. The number of carbonyl (C=O) groups is 1. The van der Waals surface area contributed by atoms with Crippen molar-refractivity contribution in [2.24, 2.45) is 7.05 Å². The molecular formula is C22H26N4O2. The topological polar surface area (TPSA) is 68.2 Å². The summed E-state index contributed by atoms with van der Waals surface area (Å²) in [5.41, 5.74) is 4.15. The van der Waals surface area contributed by atoms with E-state index in [4.69, 9.17) is 4.74 Å². The van der Waals surface area contributed by atoms with Gasteiger partial charge in [0.05, 0.1) is 19.4 Å². The molecule has 6 heteroatoms. The lowest BCUT2D eigenvalue weighted by atomic mass is 10.1. The van der Waals surface area contributed by atoms with Crippen molar-refractivity contribution in [1.29, 1.82) is 0 Å². The Morgan fingerprint density at radius 3 is 2.29 bits per heavy atom. The molecule has 1 amide bonds. The fourth-order valence-electron chi connectivity index (χ4n) is 2.94. The average Bonchev–Trinajstić information content (AvgIpc) is 3.14. The zero-order chi connectivity index (χ0) is 19.8. The van der Waals surface area contributed by atoms with Gasteiger partial charge in [-0.3, -0.25) is 9.48 Å². The van der Waals surface area contributed by atoms with Crippen LogP contribution in [0.25, 0.3) is 0 Å². The quantitative estimate of drug-likeness (QED) is 0.601. The van der Waals surface area contributed by atoms with E-state index in [0.29, 0.717) is 19.8 Å². The van der Waals surface area contributed by atoms with Gasteiger partial charge in [-0.15, -0.1) is 0 Å². The highest BCUT2D eigenvalue weighted by atomic mass is 16.5. The molecule has 2 N–H and O–H groups in total. The lowest BCUT2D eigenvalue weighted by Crippen LogP contribution is -2.35. The first-order valence-electron chi connectivity index (χ1n) is 9.28. The van der Waals surface area contributed by atoms with Crippen LogP contribution < -0.4 is 10.6 Å². The Morgan fingerprint density at radius 2 is 1.68 bits per heavy atom. The molecule has 0 aliphatic carbocycles. The summed E-state index contributed by atoms with van der Waals surface area (Å²) in [5.74, 6) is -0.0780. The lowest BCUT2D eigenvalue weighted by Gasteiger charge is -2.14. The smallest absolute Gasteiger partial charge is 0.242 e. The largest absolute Gasteiger partial charge is 0.372 e. The van der Waals surface area contributed by atoms with Crippen LogP contribution in [0.1, 0.15) is 28.3 Å². The van der Waals surface area contributed by atoms with E-state index in [2.05, 4.69) is 27.9 Å². The Bertz CT molecular complexity index is 875. The number of nitrogens with one attached hydrogen (secondary N) is 2. The van der Waals surface area contributed by atoms with Crippen molar-refractivity contribution in [2.75, 3.05) is 7.05 Å². The summed E-state index contributed by atoms with van der Waals surface area (Å²) in [6.07, 6.45) is 3.54. The average molecular weight is 378 g/mol. The number of hydrogen-bond donors (Lipinski definition) is 2. The van der Waals surface area contributed by atoms with Crippen molar-refractivity contribution in [3.8, 4) is 0 Å². The van der Waals surface area contributed by atoms with Crippen molar-refractivity contribution in [3.63, 3.8) is 0 Å². The number of aromatic nitrogens is 2. The highest BCUT2D eigenvalue weighted by molar-refractivity contribution is 5.83. The second kappa shape index (κ2) is 9.82. The Morgan fingerprint density at radius 1 is 1.04 bits per heavy atom. The third-order valence-electron chi connectivity index (χ3n) is 4.48. The fourth-order valence-corrected chi connectivity index (χ4v) is 2.94. The molecule has 1 heterocycles. The van der Waals surface area contributed by atoms with Gasteiger partial charge in [-0.05, 0) is 23.7 Å². The number of carbonyl (C=O) groups excluding carboxylic acids is 1. The maximum Gasteiger partial charge on any atom is 0.242 e. The molecule has 3 aromatic rings. The van der Waals surface area contributed by atoms with Crippen LogP contribution in [0.4, 0.5) is 0 Å². The Hall–Kier alpha value is -2.96. The van der Waals surface area contributed by atoms with E-state index in [0.717, 1.165) is 22.3 Å². The van der Waals surface area contributed by atoms with Crippen LogP contribution in [0.5, 0.6) is 0 Å². The first kappa shape index (κ1) is 19.8. The van der Waals surface area contributed by atoms with Gasteiger partial charge in [-0.2, -0.15) is 5.10 Å². The Balaban J connectivity index is 1.46. The van der Waals surface area contributed by atoms with Crippen LogP contribution in [0, 0.1) is 0 Å². The maximum absolute atomic E-state index is 12.5. The number of amides is 1. The van der Waals surface area contributed by atoms with Crippen LogP contribution in [-0.4, -0.2) is 22.7 Å². The van der Waals surface area contributed by atoms with Crippen LogP contribution in [-0.2, 0) is 36.3 Å². The molecule has 0 saturated heterocycles. The van der Waals surface area contributed by atoms with Crippen molar-refractivity contribution in [3.05, 3.63) is 89.2 Å². The van der Waals surface area contributed by atoms with Gasteiger partial charge in [0.25, 0.3) is 0 Å². The zero-order valence-corrected chi connectivity index (χ0v) is 16.3. The lowest BCUT2D eigenvalue weighted by molar-refractivity contribution is -0.123. The maximum atomic E-state index is 12.5. The van der Waals surface area contributed by atoms with E-state index in [9.17, 15) is 4.79 Å². The fraction of sp³-hybridized carbons (Fsp3) is 0.273. The third kappa shape index (κ3) is 5.52. The standard InChI is InChI=1S/C22H26N4O2/c1-23-21(20-13-25-26(2)14-20)22(27)24-12-17-8-10-19(11-9-17)16-28-15-18-6-4-3-5-7-18/h3-11,13-14,21,23H,12,15-16H2,1-2H3,(H,24,27). The van der Waals surface area contributed by atoms with Crippen LogP contribution in [0.3, 0.4) is 0 Å². The van der Waals surface area contributed by atoms with Gasteiger partial charge in [0.2, 0.25) is 5.91 Å². The number of aryl methyl sites for hydroxylation is 1. The molecule has 0 saturated carbocycles. The molecule has 3 rings (SSSR count). The molecule has 1 unspecified atom stereocenters. The summed E-state index contributed by atoms with van der Waals surface area (Å²) in [5, 5.41) is 10.1. The molecule has 0 aliphatic heterocycles. The van der Waals surface area contributed by atoms with Gasteiger partial charge < -0.3 is 15.4 Å². The van der Waals surface area contributed by atoms with Crippen molar-refractivity contribution < 1.29 is 9.53 Å². The summed E-state index contributed by atoms with van der Waals surface area (Å²) >= 11 is 0. The predicted octanol–water partition coefficient (Wildman–Crippen LogP) is 2.71. The minimum Gasteiger partial charge on any atom is -0.372 e. The molecule has 1 atom stereocenters. The summed E-state index contributed by atoms with van der Waals surface area (Å²) in [7, 11) is 3.60. The highest BCUT2D eigenvalue weighted by Gasteiger charge is 2.19. The Labute approximate surface area is 165 Å². The summed E-state index contributed by atoms with van der Waals surface area (Å²) < 4.78 is 7.44. The van der Waals surface area contributed by atoms with Gasteiger partial charge in [-0.1, -0.05) is 54.6 Å². The van der Waals surface area contributed by atoms with E-state index >= 15 is 0 Å². The number of benzene rings is 2. The summed E-state index contributed by atoms with van der Waals surface area (Å²) in [4.78, 5) is 12.5.